The highest BCUT2D eigenvalue weighted by atomic mass is 32.1. The van der Waals surface area contributed by atoms with Crippen molar-refractivity contribution in [3.8, 4) is 6.07 Å². The molecule has 1 aromatic heterocycles. The van der Waals surface area contributed by atoms with Gasteiger partial charge in [0.1, 0.15) is 11.1 Å². The number of halogens is 2. The number of fused-ring (bicyclic) bond motifs is 1. The lowest BCUT2D eigenvalue weighted by molar-refractivity contribution is -0.0324. The summed E-state index contributed by atoms with van der Waals surface area (Å²) in [6.45, 7) is 6.09. The molecule has 2 rings (SSSR count). The number of thiophene rings is 1. The molecule has 2 atom stereocenters. The molecular weight excluding hydrogens is 266 g/mol. The number of nitrogens with two attached hydrogens (primary N) is 1. The smallest absolute Gasteiger partial charge is 0.282 e. The topological polar surface area (TPSA) is 49.8 Å². The van der Waals surface area contributed by atoms with Gasteiger partial charge in [0.15, 0.2) is 0 Å². The van der Waals surface area contributed by atoms with E-state index in [1.54, 1.807) is 0 Å². The SMILES string of the molecule is CCC(C)C1(C)CCC(F)(F)c2sc(N)c(C#N)c21. The molecule has 1 aliphatic carbocycles. The monoisotopic (exact) mass is 284 g/mol. The summed E-state index contributed by atoms with van der Waals surface area (Å²) < 4.78 is 28.2. The Labute approximate surface area is 116 Å². The fourth-order valence-corrected chi connectivity index (χ4v) is 4.12. The number of nitrogen functional groups attached to an aromatic ring is 1. The summed E-state index contributed by atoms with van der Waals surface area (Å²) in [6, 6.07) is 2.03. The zero-order chi connectivity index (χ0) is 14.4. The lowest BCUT2D eigenvalue weighted by atomic mass is 9.64. The van der Waals surface area contributed by atoms with Crippen LogP contribution in [0.5, 0.6) is 0 Å². The summed E-state index contributed by atoms with van der Waals surface area (Å²) in [4.78, 5) is 0.00981. The summed E-state index contributed by atoms with van der Waals surface area (Å²) >= 11 is 0.884. The minimum atomic E-state index is -2.85. The normalized spacial score (nSPS) is 26.5. The Morgan fingerprint density at radius 2 is 2.11 bits per heavy atom. The number of nitrogens with zero attached hydrogens (tertiary/aromatic N) is 1. The van der Waals surface area contributed by atoms with Crippen LogP contribution in [0.2, 0.25) is 0 Å². The maximum absolute atomic E-state index is 14.1. The molecule has 0 radical (unpaired) electrons. The minimum Gasteiger partial charge on any atom is -0.389 e. The zero-order valence-electron chi connectivity index (χ0n) is 11.4. The second kappa shape index (κ2) is 4.45. The third-order valence-corrected chi connectivity index (χ3v) is 5.74. The van der Waals surface area contributed by atoms with Crippen LogP contribution in [0.25, 0.3) is 0 Å². The van der Waals surface area contributed by atoms with Crippen LogP contribution in [0.1, 0.15) is 56.0 Å². The van der Waals surface area contributed by atoms with Crippen LogP contribution in [-0.2, 0) is 11.3 Å². The predicted octanol–water partition coefficient (Wildman–Crippen LogP) is 4.39. The molecule has 0 saturated heterocycles. The molecule has 1 aromatic rings. The van der Waals surface area contributed by atoms with E-state index in [1.165, 1.54) is 0 Å². The molecule has 104 valence electrons. The highest BCUT2D eigenvalue weighted by Crippen LogP contribution is 2.56. The lowest BCUT2D eigenvalue weighted by Crippen LogP contribution is -2.38. The van der Waals surface area contributed by atoms with E-state index in [0.29, 0.717) is 12.0 Å². The zero-order valence-corrected chi connectivity index (χ0v) is 12.2. The second-order valence-electron chi connectivity index (χ2n) is 5.59. The summed E-state index contributed by atoms with van der Waals surface area (Å²) in [5, 5.41) is 9.48. The van der Waals surface area contributed by atoms with Crippen LogP contribution in [-0.4, -0.2) is 0 Å². The molecule has 0 spiro atoms. The molecule has 0 bridgehead atoms. The van der Waals surface area contributed by atoms with Gasteiger partial charge in [-0.05, 0) is 23.3 Å². The highest BCUT2D eigenvalue weighted by molar-refractivity contribution is 7.16. The maximum Gasteiger partial charge on any atom is 0.282 e. The fourth-order valence-electron chi connectivity index (χ4n) is 2.96. The molecule has 0 fully saturated rings. The fraction of sp³-hybridized carbons (Fsp3) is 0.643. The van der Waals surface area contributed by atoms with Crippen molar-refractivity contribution in [2.75, 3.05) is 5.73 Å². The highest BCUT2D eigenvalue weighted by Gasteiger charge is 2.50. The number of alkyl halides is 2. The average Bonchev–Trinajstić information content (AvgIpc) is 2.72. The van der Waals surface area contributed by atoms with Gasteiger partial charge in [-0.25, -0.2) is 8.78 Å². The van der Waals surface area contributed by atoms with Gasteiger partial charge in [-0.15, -0.1) is 11.3 Å². The summed E-state index contributed by atoms with van der Waals surface area (Å²) in [5.74, 6) is -2.61. The predicted molar refractivity (Wildman–Crippen MR) is 73.4 cm³/mol. The summed E-state index contributed by atoms with van der Waals surface area (Å²) in [7, 11) is 0. The Kier molecular flexibility index (Phi) is 3.34. The maximum atomic E-state index is 14.1. The van der Waals surface area contributed by atoms with Crippen LogP contribution in [0, 0.1) is 17.2 Å². The van der Waals surface area contributed by atoms with E-state index in [4.69, 9.17) is 5.73 Å². The molecule has 0 saturated carbocycles. The quantitative estimate of drug-likeness (QED) is 0.875. The Morgan fingerprint density at radius 1 is 1.47 bits per heavy atom. The molecule has 2 unspecified atom stereocenters. The first-order chi connectivity index (χ1) is 8.78. The van der Waals surface area contributed by atoms with E-state index in [2.05, 4.69) is 6.92 Å². The second-order valence-corrected chi connectivity index (χ2v) is 6.64. The molecule has 5 heteroatoms. The van der Waals surface area contributed by atoms with Crippen molar-refractivity contribution in [2.45, 2.75) is 51.4 Å². The van der Waals surface area contributed by atoms with Gasteiger partial charge in [-0.2, -0.15) is 5.26 Å². The number of hydrogen-bond acceptors (Lipinski definition) is 3. The third-order valence-electron chi connectivity index (χ3n) is 4.61. The van der Waals surface area contributed by atoms with E-state index >= 15 is 0 Å². The van der Waals surface area contributed by atoms with Gasteiger partial charge in [0.25, 0.3) is 5.92 Å². The summed E-state index contributed by atoms with van der Waals surface area (Å²) in [5.41, 5.74) is 6.16. The number of rotatable bonds is 2. The van der Waals surface area contributed by atoms with E-state index in [-0.39, 0.29) is 33.2 Å². The van der Waals surface area contributed by atoms with Crippen LogP contribution in [0.4, 0.5) is 13.8 Å². The standard InChI is InChI=1S/C14H18F2N2S/c1-4-8(2)13(3)5-6-14(15,16)11-10(13)9(7-17)12(18)19-11/h8H,4-6,18H2,1-3H3. The van der Waals surface area contributed by atoms with Gasteiger partial charge >= 0.3 is 0 Å². The van der Waals surface area contributed by atoms with E-state index in [1.807, 2.05) is 19.9 Å². The van der Waals surface area contributed by atoms with Gasteiger partial charge in [-0.3, -0.25) is 0 Å². The molecule has 1 aliphatic rings. The Balaban J connectivity index is 2.73. The molecule has 19 heavy (non-hydrogen) atoms. The molecule has 1 heterocycles. The number of hydrogen-bond donors (Lipinski definition) is 1. The molecule has 0 aromatic carbocycles. The Hall–Kier alpha value is -1.15. The number of anilines is 1. The minimum absolute atomic E-state index is 0.00981. The number of nitriles is 1. The van der Waals surface area contributed by atoms with Crippen LogP contribution >= 0.6 is 11.3 Å². The van der Waals surface area contributed by atoms with Crippen molar-refractivity contribution in [1.82, 2.24) is 0 Å². The molecule has 0 aliphatic heterocycles. The Bertz CT molecular complexity index is 544. The van der Waals surface area contributed by atoms with Gasteiger partial charge < -0.3 is 5.73 Å². The van der Waals surface area contributed by atoms with E-state index in [0.717, 1.165) is 17.8 Å². The lowest BCUT2D eigenvalue weighted by Gasteiger charge is -2.41. The molecule has 0 amide bonds. The van der Waals surface area contributed by atoms with Crippen molar-refractivity contribution >= 4 is 16.3 Å². The van der Waals surface area contributed by atoms with Gasteiger partial charge in [0, 0.05) is 6.42 Å². The van der Waals surface area contributed by atoms with Crippen molar-refractivity contribution in [3.63, 3.8) is 0 Å². The summed E-state index contributed by atoms with van der Waals surface area (Å²) in [6.07, 6.45) is 1.13. The van der Waals surface area contributed by atoms with E-state index in [9.17, 15) is 14.0 Å². The van der Waals surface area contributed by atoms with Crippen LogP contribution in [0.3, 0.4) is 0 Å². The first-order valence-corrected chi connectivity index (χ1v) is 7.30. The largest absolute Gasteiger partial charge is 0.389 e. The van der Waals surface area contributed by atoms with Gasteiger partial charge in [-0.1, -0.05) is 27.2 Å². The van der Waals surface area contributed by atoms with Crippen molar-refractivity contribution in [1.29, 1.82) is 5.26 Å². The average molecular weight is 284 g/mol. The molecule has 2 nitrogen and oxygen atoms in total. The Morgan fingerprint density at radius 3 is 2.63 bits per heavy atom. The third kappa shape index (κ3) is 1.93. The van der Waals surface area contributed by atoms with Crippen LogP contribution in [0.15, 0.2) is 0 Å². The van der Waals surface area contributed by atoms with E-state index < -0.39 is 5.92 Å². The van der Waals surface area contributed by atoms with Crippen LogP contribution < -0.4 is 5.73 Å². The molecular formula is C14H18F2N2S. The first kappa shape index (κ1) is 14.3. The first-order valence-electron chi connectivity index (χ1n) is 6.49. The van der Waals surface area contributed by atoms with Crippen molar-refractivity contribution in [2.24, 2.45) is 5.92 Å². The van der Waals surface area contributed by atoms with Crippen molar-refractivity contribution < 1.29 is 8.78 Å². The molecule has 2 N–H and O–H groups in total. The van der Waals surface area contributed by atoms with Crippen molar-refractivity contribution in [3.05, 3.63) is 16.0 Å². The van der Waals surface area contributed by atoms with Gasteiger partial charge in [0.2, 0.25) is 0 Å². The van der Waals surface area contributed by atoms with Gasteiger partial charge in [0.05, 0.1) is 10.4 Å².